The van der Waals surface area contributed by atoms with Gasteiger partial charge in [-0.1, -0.05) is 29.8 Å². The number of imide groups is 1. The maximum absolute atomic E-state index is 13.5. The summed E-state index contributed by atoms with van der Waals surface area (Å²) in [7, 11) is 0. The smallest absolute Gasteiger partial charge is 0.282 e. The van der Waals surface area contributed by atoms with Crippen LogP contribution in [0.4, 0.5) is 17.1 Å². The van der Waals surface area contributed by atoms with Crippen molar-refractivity contribution in [2.24, 2.45) is 0 Å². The van der Waals surface area contributed by atoms with E-state index in [2.05, 4.69) is 10.6 Å². The van der Waals surface area contributed by atoms with Crippen LogP contribution in [0.2, 0.25) is 0 Å². The maximum Gasteiger partial charge on any atom is 0.282 e. The van der Waals surface area contributed by atoms with Crippen LogP contribution >= 0.6 is 0 Å². The topological polar surface area (TPSA) is 87.7 Å². The van der Waals surface area contributed by atoms with Gasteiger partial charge in [0.15, 0.2) is 0 Å². The van der Waals surface area contributed by atoms with Gasteiger partial charge in [0, 0.05) is 18.3 Å². The standard InChI is InChI=1S/C27H25N3O4/c1-4-34-23-15-11-21(12-16-23)29-25-24(19-7-5-17(2)6-8-19)26(32)30(27(25)33)22-13-9-20(10-14-22)28-18(3)31/h5-16,29H,4H2,1-3H3,(H,28,31). The Kier molecular flexibility index (Phi) is 6.45. The fourth-order valence-corrected chi connectivity index (χ4v) is 3.71. The van der Waals surface area contributed by atoms with Crippen molar-refractivity contribution < 1.29 is 19.1 Å². The van der Waals surface area contributed by atoms with Crippen LogP contribution in [0, 0.1) is 6.92 Å². The SMILES string of the molecule is CCOc1ccc(NC2=C(c3ccc(C)cc3)C(=O)N(c3ccc(NC(C)=O)cc3)C2=O)cc1. The van der Waals surface area contributed by atoms with Crippen molar-refractivity contribution in [2.45, 2.75) is 20.8 Å². The molecule has 0 saturated carbocycles. The summed E-state index contributed by atoms with van der Waals surface area (Å²) in [6.45, 7) is 5.84. The number of amides is 3. The first-order chi connectivity index (χ1) is 16.4. The molecule has 0 fully saturated rings. The number of hydrogen-bond acceptors (Lipinski definition) is 5. The van der Waals surface area contributed by atoms with Gasteiger partial charge in [-0.2, -0.15) is 0 Å². The fraction of sp³-hybridized carbons (Fsp3) is 0.148. The van der Waals surface area contributed by atoms with Gasteiger partial charge in [0.25, 0.3) is 11.8 Å². The van der Waals surface area contributed by atoms with Gasteiger partial charge in [-0.25, -0.2) is 4.90 Å². The molecular weight excluding hydrogens is 430 g/mol. The summed E-state index contributed by atoms with van der Waals surface area (Å²) in [6, 6.07) is 21.2. The van der Waals surface area contributed by atoms with Gasteiger partial charge in [0.05, 0.1) is 17.9 Å². The number of nitrogens with one attached hydrogen (secondary N) is 2. The van der Waals surface area contributed by atoms with Crippen LogP contribution in [0.25, 0.3) is 5.57 Å². The van der Waals surface area contributed by atoms with Crippen molar-refractivity contribution in [3.05, 3.63) is 89.6 Å². The van der Waals surface area contributed by atoms with Crippen LogP contribution in [0.1, 0.15) is 25.0 Å². The molecule has 3 aromatic rings. The summed E-state index contributed by atoms with van der Waals surface area (Å²) in [4.78, 5) is 39.5. The number of benzene rings is 3. The molecule has 3 aromatic carbocycles. The van der Waals surface area contributed by atoms with E-state index >= 15 is 0 Å². The van der Waals surface area contributed by atoms with Gasteiger partial charge in [-0.3, -0.25) is 14.4 Å². The number of nitrogens with zero attached hydrogens (tertiary/aromatic N) is 1. The lowest BCUT2D eigenvalue weighted by molar-refractivity contribution is -0.120. The van der Waals surface area contributed by atoms with Gasteiger partial charge in [0.2, 0.25) is 5.91 Å². The number of carbonyl (C=O) groups is 3. The third-order valence-electron chi connectivity index (χ3n) is 5.30. The van der Waals surface area contributed by atoms with Crippen LogP contribution in [0.5, 0.6) is 5.75 Å². The first-order valence-corrected chi connectivity index (χ1v) is 10.9. The average molecular weight is 456 g/mol. The number of anilines is 3. The van der Waals surface area contributed by atoms with E-state index in [0.29, 0.717) is 34.8 Å². The molecule has 2 N–H and O–H groups in total. The second-order valence-corrected chi connectivity index (χ2v) is 7.87. The largest absolute Gasteiger partial charge is 0.494 e. The highest BCUT2D eigenvalue weighted by Gasteiger charge is 2.40. The molecular formula is C27H25N3O4. The molecule has 4 rings (SSSR count). The zero-order chi connectivity index (χ0) is 24.2. The Morgan fingerprint density at radius 2 is 1.47 bits per heavy atom. The lowest BCUT2D eigenvalue weighted by Gasteiger charge is -2.16. The Morgan fingerprint density at radius 3 is 2.06 bits per heavy atom. The highest BCUT2D eigenvalue weighted by molar-refractivity contribution is 6.46. The lowest BCUT2D eigenvalue weighted by Crippen LogP contribution is -2.32. The number of aryl methyl sites for hydroxylation is 1. The Hall–Kier alpha value is -4.39. The minimum absolute atomic E-state index is 0.198. The quantitative estimate of drug-likeness (QED) is 0.502. The highest BCUT2D eigenvalue weighted by Crippen LogP contribution is 2.34. The Bertz CT molecular complexity index is 1260. The van der Waals surface area contributed by atoms with E-state index < -0.39 is 11.8 Å². The third-order valence-corrected chi connectivity index (χ3v) is 5.30. The predicted molar refractivity (Wildman–Crippen MR) is 133 cm³/mol. The zero-order valence-electron chi connectivity index (χ0n) is 19.2. The molecule has 0 radical (unpaired) electrons. The molecule has 7 nitrogen and oxygen atoms in total. The van der Waals surface area contributed by atoms with Gasteiger partial charge < -0.3 is 15.4 Å². The van der Waals surface area contributed by atoms with Crippen molar-refractivity contribution in [3.8, 4) is 5.75 Å². The van der Waals surface area contributed by atoms with Crippen molar-refractivity contribution >= 4 is 40.4 Å². The van der Waals surface area contributed by atoms with Crippen LogP contribution in [0.15, 0.2) is 78.5 Å². The fourth-order valence-electron chi connectivity index (χ4n) is 3.71. The molecule has 0 aromatic heterocycles. The number of ether oxygens (including phenoxy) is 1. The molecule has 1 aliphatic heterocycles. The van der Waals surface area contributed by atoms with E-state index in [1.54, 1.807) is 48.5 Å². The van der Waals surface area contributed by atoms with Gasteiger partial charge in [-0.05, 0) is 67.9 Å². The molecule has 34 heavy (non-hydrogen) atoms. The van der Waals surface area contributed by atoms with Gasteiger partial charge in [0.1, 0.15) is 11.4 Å². The van der Waals surface area contributed by atoms with Crippen molar-refractivity contribution in [2.75, 3.05) is 22.1 Å². The molecule has 3 amide bonds. The Morgan fingerprint density at radius 1 is 0.853 bits per heavy atom. The van der Waals surface area contributed by atoms with Crippen molar-refractivity contribution in [3.63, 3.8) is 0 Å². The molecule has 0 unspecified atom stereocenters. The van der Waals surface area contributed by atoms with E-state index in [9.17, 15) is 14.4 Å². The second-order valence-electron chi connectivity index (χ2n) is 7.87. The van der Waals surface area contributed by atoms with Crippen LogP contribution in [-0.4, -0.2) is 24.3 Å². The minimum Gasteiger partial charge on any atom is -0.494 e. The predicted octanol–water partition coefficient (Wildman–Crippen LogP) is 4.75. The average Bonchev–Trinajstić information content (AvgIpc) is 3.05. The van der Waals surface area contributed by atoms with E-state index in [4.69, 9.17) is 4.74 Å². The molecule has 0 bridgehead atoms. The Labute approximate surface area is 198 Å². The van der Waals surface area contributed by atoms with Crippen LogP contribution < -0.4 is 20.3 Å². The molecule has 0 aliphatic carbocycles. The summed E-state index contributed by atoms with van der Waals surface area (Å²) < 4.78 is 5.48. The van der Waals surface area contributed by atoms with E-state index in [1.807, 2.05) is 38.1 Å². The first-order valence-electron chi connectivity index (χ1n) is 10.9. The molecule has 0 atom stereocenters. The summed E-state index contributed by atoms with van der Waals surface area (Å²) >= 11 is 0. The number of rotatable bonds is 7. The second kappa shape index (κ2) is 9.62. The van der Waals surface area contributed by atoms with E-state index in [-0.39, 0.29) is 11.6 Å². The molecule has 0 spiro atoms. The van der Waals surface area contributed by atoms with Crippen LogP contribution in [-0.2, 0) is 14.4 Å². The van der Waals surface area contributed by atoms with Crippen molar-refractivity contribution in [1.29, 1.82) is 0 Å². The number of hydrogen-bond donors (Lipinski definition) is 2. The maximum atomic E-state index is 13.5. The van der Waals surface area contributed by atoms with Crippen LogP contribution in [0.3, 0.4) is 0 Å². The van der Waals surface area contributed by atoms with Gasteiger partial charge in [-0.15, -0.1) is 0 Å². The van der Waals surface area contributed by atoms with Gasteiger partial charge >= 0.3 is 0 Å². The Balaban J connectivity index is 1.71. The monoisotopic (exact) mass is 455 g/mol. The lowest BCUT2D eigenvalue weighted by atomic mass is 10.0. The summed E-state index contributed by atoms with van der Waals surface area (Å²) in [5, 5.41) is 5.83. The van der Waals surface area contributed by atoms with E-state index in [1.165, 1.54) is 6.92 Å². The summed E-state index contributed by atoms with van der Waals surface area (Å²) in [5.41, 5.74) is 3.84. The molecule has 0 saturated heterocycles. The highest BCUT2D eigenvalue weighted by atomic mass is 16.5. The van der Waals surface area contributed by atoms with Crippen molar-refractivity contribution in [1.82, 2.24) is 0 Å². The summed E-state index contributed by atoms with van der Waals surface area (Å²) in [5.74, 6) is -0.363. The molecule has 7 heteroatoms. The molecule has 1 heterocycles. The normalized spacial score (nSPS) is 13.3. The zero-order valence-corrected chi connectivity index (χ0v) is 19.2. The molecule has 172 valence electrons. The molecule has 1 aliphatic rings. The first kappa shape index (κ1) is 22.8. The number of carbonyl (C=O) groups excluding carboxylic acids is 3. The third kappa shape index (κ3) is 4.68. The summed E-state index contributed by atoms with van der Waals surface area (Å²) in [6.07, 6.45) is 0. The minimum atomic E-state index is -0.457. The van der Waals surface area contributed by atoms with E-state index in [0.717, 1.165) is 16.2 Å².